The molecule has 0 unspecified atom stereocenters. The molecule has 16 heavy (non-hydrogen) atoms. The molecule has 6 heteroatoms. The van der Waals surface area contributed by atoms with Crippen LogP contribution in [-0.2, 0) is 12.4 Å². The third-order valence-electron chi connectivity index (χ3n) is 1.81. The molecule has 0 amide bonds. The maximum absolute atomic E-state index is 8.86. The maximum Gasteiger partial charge on any atom is 0.193 e. The summed E-state index contributed by atoms with van der Waals surface area (Å²) in [6.07, 6.45) is 0. The van der Waals surface area contributed by atoms with E-state index in [9.17, 15) is 0 Å². The number of guanidine groups is 1. The highest BCUT2D eigenvalue weighted by molar-refractivity contribution is 8.13. The van der Waals surface area contributed by atoms with E-state index in [1.807, 2.05) is 24.3 Å². The lowest BCUT2D eigenvalue weighted by Crippen LogP contribution is -2.23. The monoisotopic (exact) mass is 238 g/mol. The lowest BCUT2D eigenvalue weighted by Gasteiger charge is -2.01. The largest absolute Gasteiger partial charge is 0.392 e. The van der Waals surface area contributed by atoms with Crippen molar-refractivity contribution < 1.29 is 5.11 Å². The molecule has 0 radical (unpaired) electrons. The van der Waals surface area contributed by atoms with Gasteiger partial charge in [0.15, 0.2) is 11.1 Å². The summed E-state index contributed by atoms with van der Waals surface area (Å²) in [5.74, 6) is 0.523. The second-order valence-corrected chi connectivity index (χ2v) is 4.07. The zero-order chi connectivity index (χ0) is 12.0. The van der Waals surface area contributed by atoms with E-state index in [-0.39, 0.29) is 17.7 Å². The molecular weight excluding hydrogens is 224 g/mol. The highest BCUT2D eigenvalue weighted by atomic mass is 32.2. The maximum atomic E-state index is 8.86. The Morgan fingerprint density at radius 3 is 2.31 bits per heavy atom. The van der Waals surface area contributed by atoms with Crippen LogP contribution >= 0.6 is 11.8 Å². The predicted octanol–water partition coefficient (Wildman–Crippen LogP) is 0.620. The summed E-state index contributed by atoms with van der Waals surface area (Å²) in [4.78, 5) is 3.60. The number of thioether (sulfide) groups is 1. The number of hydrogen-bond acceptors (Lipinski definition) is 3. The van der Waals surface area contributed by atoms with E-state index in [2.05, 4.69) is 4.99 Å². The van der Waals surface area contributed by atoms with E-state index in [4.69, 9.17) is 22.0 Å². The van der Waals surface area contributed by atoms with Crippen molar-refractivity contribution in [1.29, 1.82) is 5.41 Å². The number of hydrogen-bond donors (Lipinski definition) is 4. The first-order valence-electron chi connectivity index (χ1n) is 4.61. The van der Waals surface area contributed by atoms with E-state index in [1.165, 1.54) is 11.8 Å². The second-order valence-electron chi connectivity index (χ2n) is 3.11. The van der Waals surface area contributed by atoms with Crippen LogP contribution in [0.15, 0.2) is 29.3 Å². The highest BCUT2D eigenvalue weighted by Crippen LogP contribution is 2.14. The molecule has 0 saturated heterocycles. The Morgan fingerprint density at radius 2 is 1.81 bits per heavy atom. The fourth-order valence-corrected chi connectivity index (χ4v) is 1.71. The van der Waals surface area contributed by atoms with Crippen LogP contribution < -0.4 is 11.5 Å². The zero-order valence-electron chi connectivity index (χ0n) is 8.68. The Kier molecular flexibility index (Phi) is 4.81. The van der Waals surface area contributed by atoms with Crippen LogP contribution in [0.1, 0.15) is 11.1 Å². The standard InChI is InChI=1S/C10H14N4OS/c11-9(12)14-10(13)16-6-8-3-1-7(5-15)2-4-8/h1-4,15H,5-6H2,(H5,11,12,13,14). The lowest BCUT2D eigenvalue weighted by molar-refractivity contribution is 0.282. The first kappa shape index (κ1) is 12.5. The SMILES string of the molecule is N=C(N=C(N)N)SCc1ccc(CO)cc1. The number of nitrogens with zero attached hydrogens (tertiary/aromatic N) is 1. The first-order chi connectivity index (χ1) is 7.61. The van der Waals surface area contributed by atoms with Gasteiger partial charge in [-0.05, 0) is 11.1 Å². The Morgan fingerprint density at radius 1 is 1.25 bits per heavy atom. The molecule has 86 valence electrons. The third-order valence-corrected chi connectivity index (χ3v) is 2.65. The number of amidine groups is 1. The average molecular weight is 238 g/mol. The van der Waals surface area contributed by atoms with Crippen molar-refractivity contribution >= 4 is 22.9 Å². The van der Waals surface area contributed by atoms with Crippen LogP contribution in [0.3, 0.4) is 0 Å². The first-order valence-corrected chi connectivity index (χ1v) is 5.60. The lowest BCUT2D eigenvalue weighted by atomic mass is 10.2. The molecule has 5 nitrogen and oxygen atoms in total. The molecule has 0 aromatic heterocycles. The Labute approximate surface area is 98.1 Å². The molecule has 0 aliphatic rings. The number of benzene rings is 1. The van der Waals surface area contributed by atoms with Gasteiger partial charge < -0.3 is 16.6 Å². The summed E-state index contributed by atoms with van der Waals surface area (Å²) in [5.41, 5.74) is 12.2. The summed E-state index contributed by atoms with van der Waals surface area (Å²) >= 11 is 1.24. The van der Waals surface area contributed by atoms with Crippen molar-refractivity contribution in [2.24, 2.45) is 16.5 Å². The van der Waals surface area contributed by atoms with Crippen LogP contribution in [0.4, 0.5) is 0 Å². The Bertz CT molecular complexity index is 384. The fourth-order valence-electron chi connectivity index (χ4n) is 1.04. The topological polar surface area (TPSA) is 108 Å². The van der Waals surface area contributed by atoms with E-state index < -0.39 is 0 Å². The molecule has 0 saturated carbocycles. The van der Waals surface area contributed by atoms with Crippen LogP contribution in [-0.4, -0.2) is 16.2 Å². The number of aliphatic imine (C=N–C) groups is 1. The predicted molar refractivity (Wildman–Crippen MR) is 67.2 cm³/mol. The van der Waals surface area contributed by atoms with Gasteiger partial charge in [0.2, 0.25) is 0 Å². The van der Waals surface area contributed by atoms with Crippen molar-refractivity contribution in [2.75, 3.05) is 0 Å². The molecule has 0 heterocycles. The van der Waals surface area contributed by atoms with Crippen LogP contribution in [0, 0.1) is 5.41 Å². The Hall–Kier alpha value is -1.53. The molecule has 0 aliphatic carbocycles. The molecule has 1 rings (SSSR count). The number of nitrogens with one attached hydrogen (secondary N) is 1. The van der Waals surface area contributed by atoms with Gasteiger partial charge in [-0.25, -0.2) is 0 Å². The summed E-state index contributed by atoms with van der Waals surface area (Å²) in [6.45, 7) is 0.0389. The van der Waals surface area contributed by atoms with E-state index in [0.29, 0.717) is 5.75 Å². The smallest absolute Gasteiger partial charge is 0.193 e. The van der Waals surface area contributed by atoms with Gasteiger partial charge >= 0.3 is 0 Å². The van der Waals surface area contributed by atoms with E-state index in [1.54, 1.807) is 0 Å². The molecule has 1 aromatic carbocycles. The van der Waals surface area contributed by atoms with Gasteiger partial charge in [0, 0.05) is 5.75 Å². The van der Waals surface area contributed by atoms with Gasteiger partial charge in [-0.15, -0.1) is 0 Å². The molecule has 0 bridgehead atoms. The quantitative estimate of drug-likeness (QED) is 0.457. The molecule has 0 atom stereocenters. The molecule has 0 aliphatic heterocycles. The van der Waals surface area contributed by atoms with Crippen LogP contribution in [0.2, 0.25) is 0 Å². The highest BCUT2D eigenvalue weighted by Gasteiger charge is 1.98. The van der Waals surface area contributed by atoms with E-state index >= 15 is 0 Å². The average Bonchev–Trinajstić information content (AvgIpc) is 2.26. The number of nitrogens with two attached hydrogens (primary N) is 2. The van der Waals surface area contributed by atoms with Gasteiger partial charge in [-0.3, -0.25) is 5.41 Å². The second kappa shape index (κ2) is 6.14. The molecule has 6 N–H and O–H groups in total. The van der Waals surface area contributed by atoms with Crippen LogP contribution in [0.5, 0.6) is 0 Å². The van der Waals surface area contributed by atoms with Crippen molar-refractivity contribution in [3.05, 3.63) is 35.4 Å². The van der Waals surface area contributed by atoms with Crippen molar-refractivity contribution in [2.45, 2.75) is 12.4 Å². The minimum absolute atomic E-state index is 0.0389. The van der Waals surface area contributed by atoms with Gasteiger partial charge in [0.05, 0.1) is 6.61 Å². The minimum atomic E-state index is -0.104. The molecule has 0 fully saturated rings. The number of aliphatic hydroxyl groups excluding tert-OH is 1. The summed E-state index contributed by atoms with van der Waals surface area (Å²) in [5, 5.41) is 16.4. The summed E-state index contributed by atoms with van der Waals surface area (Å²) in [7, 11) is 0. The van der Waals surface area contributed by atoms with Gasteiger partial charge in [-0.1, -0.05) is 36.0 Å². The van der Waals surface area contributed by atoms with Gasteiger partial charge in [-0.2, -0.15) is 4.99 Å². The van der Waals surface area contributed by atoms with Gasteiger partial charge in [0.25, 0.3) is 0 Å². The minimum Gasteiger partial charge on any atom is -0.392 e. The van der Waals surface area contributed by atoms with Crippen molar-refractivity contribution in [1.82, 2.24) is 0 Å². The molecule has 1 aromatic rings. The van der Waals surface area contributed by atoms with E-state index in [0.717, 1.165) is 11.1 Å². The molecular formula is C10H14N4OS. The normalized spacial score (nSPS) is 9.81. The summed E-state index contributed by atoms with van der Waals surface area (Å²) < 4.78 is 0. The number of rotatable bonds is 3. The van der Waals surface area contributed by atoms with Crippen LogP contribution in [0.25, 0.3) is 0 Å². The zero-order valence-corrected chi connectivity index (χ0v) is 9.50. The molecule has 0 spiro atoms. The third kappa shape index (κ3) is 4.33. The van der Waals surface area contributed by atoms with Crippen molar-refractivity contribution in [3.63, 3.8) is 0 Å². The van der Waals surface area contributed by atoms with Gasteiger partial charge in [0.1, 0.15) is 0 Å². The Balaban J connectivity index is 2.48. The number of aliphatic hydroxyl groups is 1. The fraction of sp³-hybridized carbons (Fsp3) is 0.200. The summed E-state index contributed by atoms with van der Waals surface area (Å²) in [6, 6.07) is 7.50. The van der Waals surface area contributed by atoms with Crippen molar-refractivity contribution in [3.8, 4) is 0 Å².